The number of nitro benzene ring substituents is 1. The predicted octanol–water partition coefficient (Wildman–Crippen LogP) is 4.92. The maximum absolute atomic E-state index is 11.9. The first-order valence-corrected chi connectivity index (χ1v) is 12.9. The van der Waals surface area contributed by atoms with E-state index in [0.29, 0.717) is 36.2 Å². The van der Waals surface area contributed by atoms with E-state index < -0.39 is 0 Å². The molecule has 3 aliphatic rings. The largest absolute Gasteiger partial charge is 0.494 e. The Hall–Kier alpha value is -4.18. The SMILES string of the molecule is CNCCN(C)c1cc(OC)c(Nc2nccc(-c3cn(C45CC(C4)C5)c4ccccc34)n2)cc1[N+](=O)[O-]. The van der Waals surface area contributed by atoms with Gasteiger partial charge < -0.3 is 24.8 Å². The van der Waals surface area contributed by atoms with E-state index in [1.165, 1.54) is 30.8 Å². The highest BCUT2D eigenvalue weighted by Crippen LogP contribution is 2.63. The van der Waals surface area contributed by atoms with Crippen molar-refractivity contribution < 1.29 is 9.66 Å². The number of rotatable bonds is 10. The summed E-state index contributed by atoms with van der Waals surface area (Å²) >= 11 is 0. The lowest BCUT2D eigenvalue weighted by molar-refractivity contribution is -0.384. The molecular formula is C28H31N7O3. The molecule has 3 saturated carbocycles. The third-order valence-electron chi connectivity index (χ3n) is 8.01. The van der Waals surface area contributed by atoms with Crippen LogP contribution in [-0.2, 0) is 5.54 Å². The van der Waals surface area contributed by atoms with Gasteiger partial charge in [-0.2, -0.15) is 0 Å². The maximum atomic E-state index is 11.9. The molecule has 2 N–H and O–H groups in total. The highest BCUT2D eigenvalue weighted by Gasteiger charge is 2.58. The summed E-state index contributed by atoms with van der Waals surface area (Å²) in [5.41, 5.74) is 4.21. The van der Waals surface area contributed by atoms with E-state index in [1.807, 2.05) is 25.1 Å². The molecule has 0 aliphatic heterocycles. The molecule has 4 aromatic rings. The summed E-state index contributed by atoms with van der Waals surface area (Å²) < 4.78 is 8.04. The minimum Gasteiger partial charge on any atom is -0.494 e. The zero-order chi connectivity index (χ0) is 26.4. The smallest absolute Gasteiger partial charge is 0.294 e. The van der Waals surface area contributed by atoms with E-state index >= 15 is 0 Å². The first-order valence-electron chi connectivity index (χ1n) is 12.9. The van der Waals surface area contributed by atoms with E-state index in [0.717, 1.165) is 22.6 Å². The summed E-state index contributed by atoms with van der Waals surface area (Å²) in [5.74, 6) is 1.69. The summed E-state index contributed by atoms with van der Waals surface area (Å²) in [5, 5.41) is 19.3. The van der Waals surface area contributed by atoms with Crippen molar-refractivity contribution in [1.29, 1.82) is 0 Å². The molecule has 10 nitrogen and oxygen atoms in total. The molecule has 0 radical (unpaired) electrons. The standard InChI is InChI=1S/C28H31N7O3/c1-29-10-11-33(2)24-13-26(38-3)22(12-25(24)35(36)37)32-27-30-9-8-21(31-27)20-17-34(28-14-18(15-28)16-28)23-7-5-4-6-19(20)23/h4-9,12-13,17-18,29H,10-11,14-16H2,1-3H3,(H,30,31,32). The summed E-state index contributed by atoms with van der Waals surface area (Å²) in [6, 6.07) is 13.5. The monoisotopic (exact) mass is 513 g/mol. The summed E-state index contributed by atoms with van der Waals surface area (Å²) in [6.45, 7) is 1.29. The van der Waals surface area contributed by atoms with Gasteiger partial charge in [-0.3, -0.25) is 10.1 Å². The van der Waals surface area contributed by atoms with Gasteiger partial charge in [-0.05, 0) is 44.4 Å². The number of benzene rings is 2. The van der Waals surface area contributed by atoms with Crippen LogP contribution in [0.15, 0.2) is 54.9 Å². The van der Waals surface area contributed by atoms with Gasteiger partial charge in [0.05, 0.1) is 23.4 Å². The zero-order valence-electron chi connectivity index (χ0n) is 21.8. The van der Waals surface area contributed by atoms with Crippen molar-refractivity contribution in [1.82, 2.24) is 19.9 Å². The molecule has 38 heavy (non-hydrogen) atoms. The van der Waals surface area contributed by atoms with Crippen LogP contribution >= 0.6 is 0 Å². The number of nitro groups is 1. The number of nitrogens with zero attached hydrogens (tertiary/aromatic N) is 5. The van der Waals surface area contributed by atoms with Crippen molar-refractivity contribution in [3.8, 4) is 17.0 Å². The lowest BCUT2D eigenvalue weighted by Gasteiger charge is -2.62. The average Bonchev–Trinajstić information content (AvgIpc) is 3.24. The number of nitrogens with one attached hydrogen (secondary N) is 2. The number of methoxy groups -OCH3 is 1. The molecule has 0 unspecified atom stereocenters. The van der Waals surface area contributed by atoms with Gasteiger partial charge in [-0.25, -0.2) is 9.97 Å². The number of anilines is 3. The Bertz CT molecular complexity index is 1520. The molecule has 0 atom stereocenters. The Morgan fingerprint density at radius 2 is 2.03 bits per heavy atom. The second kappa shape index (κ2) is 9.29. The molecule has 2 aromatic carbocycles. The normalized spacial score (nSPS) is 19.5. The number of hydrogen-bond donors (Lipinski definition) is 2. The minimum atomic E-state index is -0.382. The number of aromatic nitrogens is 3. The van der Waals surface area contributed by atoms with E-state index in [1.54, 1.807) is 19.4 Å². The van der Waals surface area contributed by atoms with Gasteiger partial charge in [-0.15, -0.1) is 0 Å². The Kier molecular flexibility index (Phi) is 5.91. The van der Waals surface area contributed by atoms with Gasteiger partial charge in [0.2, 0.25) is 5.95 Å². The number of fused-ring (bicyclic) bond motifs is 1. The number of likely N-dealkylation sites (N-methyl/N-ethyl adjacent to an activating group) is 2. The van der Waals surface area contributed by atoms with Gasteiger partial charge in [0.25, 0.3) is 5.69 Å². The molecule has 196 valence electrons. The topological polar surface area (TPSA) is 110 Å². The second-order valence-electron chi connectivity index (χ2n) is 10.3. The fourth-order valence-electron chi connectivity index (χ4n) is 5.87. The van der Waals surface area contributed by atoms with Crippen molar-refractivity contribution in [2.24, 2.45) is 5.92 Å². The van der Waals surface area contributed by atoms with Crippen LogP contribution in [0.1, 0.15) is 19.3 Å². The fraction of sp³-hybridized carbons (Fsp3) is 0.357. The molecule has 2 bridgehead atoms. The number of hydrogen-bond acceptors (Lipinski definition) is 8. The Labute approximate surface area is 220 Å². The second-order valence-corrected chi connectivity index (χ2v) is 10.3. The van der Waals surface area contributed by atoms with Crippen molar-refractivity contribution in [2.75, 3.05) is 44.5 Å². The molecular weight excluding hydrogens is 482 g/mol. The molecule has 3 fully saturated rings. The summed E-state index contributed by atoms with van der Waals surface area (Å²) in [6.07, 6.45) is 7.69. The fourth-order valence-corrected chi connectivity index (χ4v) is 5.87. The summed E-state index contributed by atoms with van der Waals surface area (Å²) in [4.78, 5) is 22.6. The lowest BCUT2D eigenvalue weighted by atomic mass is 9.49. The number of ether oxygens (including phenoxy) is 1. The molecule has 10 heteroatoms. The van der Waals surface area contributed by atoms with E-state index in [4.69, 9.17) is 9.72 Å². The van der Waals surface area contributed by atoms with Gasteiger partial charge in [0.15, 0.2) is 0 Å². The van der Waals surface area contributed by atoms with Crippen LogP contribution in [0.5, 0.6) is 5.75 Å². The first-order chi connectivity index (χ1) is 18.4. The Balaban J connectivity index is 1.35. The Morgan fingerprint density at radius 1 is 1.24 bits per heavy atom. The van der Waals surface area contributed by atoms with Gasteiger partial charge in [-0.1, -0.05) is 18.2 Å². The average molecular weight is 514 g/mol. The maximum Gasteiger partial charge on any atom is 0.294 e. The molecule has 0 saturated heterocycles. The molecule has 3 aliphatic carbocycles. The number of para-hydroxylation sites is 1. The predicted molar refractivity (Wildman–Crippen MR) is 148 cm³/mol. The molecule has 2 heterocycles. The van der Waals surface area contributed by atoms with Gasteiger partial charge in [0.1, 0.15) is 11.4 Å². The van der Waals surface area contributed by atoms with E-state index in [9.17, 15) is 10.1 Å². The molecule has 2 aromatic heterocycles. The van der Waals surface area contributed by atoms with E-state index in [-0.39, 0.29) is 16.1 Å². The molecule has 0 amide bonds. The van der Waals surface area contributed by atoms with Crippen LogP contribution in [0.25, 0.3) is 22.2 Å². The van der Waals surface area contributed by atoms with Gasteiger partial charge in [0, 0.05) is 66.7 Å². The zero-order valence-corrected chi connectivity index (χ0v) is 21.8. The van der Waals surface area contributed by atoms with Crippen LogP contribution < -0.4 is 20.3 Å². The van der Waals surface area contributed by atoms with Crippen LogP contribution in [0, 0.1) is 16.0 Å². The van der Waals surface area contributed by atoms with Crippen LogP contribution in [0.2, 0.25) is 0 Å². The third kappa shape index (κ3) is 3.92. The quantitative estimate of drug-likeness (QED) is 0.227. The van der Waals surface area contributed by atoms with Crippen LogP contribution in [-0.4, -0.2) is 53.8 Å². The van der Waals surface area contributed by atoms with Crippen molar-refractivity contribution in [2.45, 2.75) is 24.8 Å². The lowest BCUT2D eigenvalue weighted by Crippen LogP contribution is -2.58. The first kappa shape index (κ1) is 24.2. The molecule has 7 rings (SSSR count). The van der Waals surface area contributed by atoms with Crippen molar-refractivity contribution >= 4 is 33.9 Å². The van der Waals surface area contributed by atoms with Crippen LogP contribution in [0.4, 0.5) is 23.0 Å². The highest BCUT2D eigenvalue weighted by molar-refractivity contribution is 5.95. The summed E-state index contributed by atoms with van der Waals surface area (Å²) in [7, 11) is 5.21. The van der Waals surface area contributed by atoms with Crippen molar-refractivity contribution in [3.05, 3.63) is 65.0 Å². The van der Waals surface area contributed by atoms with E-state index in [2.05, 4.69) is 50.6 Å². The van der Waals surface area contributed by atoms with Crippen LogP contribution in [0.3, 0.4) is 0 Å². The van der Waals surface area contributed by atoms with Crippen molar-refractivity contribution in [3.63, 3.8) is 0 Å². The van der Waals surface area contributed by atoms with Gasteiger partial charge >= 0.3 is 0 Å². The Morgan fingerprint density at radius 3 is 2.71 bits per heavy atom. The minimum absolute atomic E-state index is 0.0234. The highest BCUT2D eigenvalue weighted by atomic mass is 16.6. The molecule has 0 spiro atoms. The third-order valence-corrected chi connectivity index (χ3v) is 8.01.